The first-order valence-corrected chi connectivity index (χ1v) is 4.28. The summed E-state index contributed by atoms with van der Waals surface area (Å²) in [4.78, 5) is 0. The van der Waals surface area contributed by atoms with Crippen molar-refractivity contribution in [1.82, 2.24) is 0 Å². The molecule has 1 aromatic heterocycles. The van der Waals surface area contributed by atoms with Crippen LogP contribution in [0.15, 0.2) is 47.3 Å². The summed E-state index contributed by atoms with van der Waals surface area (Å²) in [5, 5.41) is 9.39. The van der Waals surface area contributed by atoms with Crippen molar-refractivity contribution < 1.29 is 14.3 Å². The zero-order valence-corrected chi connectivity index (χ0v) is 7.51. The van der Waals surface area contributed by atoms with Crippen molar-refractivity contribution in [3.8, 4) is 11.5 Å². The number of para-hydroxylation sites is 2. The molecule has 0 bridgehead atoms. The molecule has 0 saturated heterocycles. The van der Waals surface area contributed by atoms with Gasteiger partial charge in [0.2, 0.25) is 0 Å². The Morgan fingerprint density at radius 3 is 2.79 bits per heavy atom. The molecule has 0 saturated carbocycles. The lowest BCUT2D eigenvalue weighted by molar-refractivity contribution is 0.288. The summed E-state index contributed by atoms with van der Waals surface area (Å²) in [5.74, 6) is 0.629. The van der Waals surface area contributed by atoms with Gasteiger partial charge in [-0.15, -0.1) is 0 Å². The van der Waals surface area contributed by atoms with Crippen molar-refractivity contribution in [3.63, 3.8) is 0 Å². The Kier molecular flexibility index (Phi) is 2.40. The molecule has 0 unspecified atom stereocenters. The maximum atomic E-state index is 9.39. The fourth-order valence-electron chi connectivity index (χ4n) is 1.12. The van der Waals surface area contributed by atoms with Crippen molar-refractivity contribution in [2.45, 2.75) is 6.61 Å². The van der Waals surface area contributed by atoms with E-state index in [9.17, 15) is 5.11 Å². The highest BCUT2D eigenvalue weighted by molar-refractivity contribution is 5.37. The summed E-state index contributed by atoms with van der Waals surface area (Å²) in [5.41, 5.74) is 0.938. The number of rotatable bonds is 3. The quantitative estimate of drug-likeness (QED) is 0.808. The summed E-state index contributed by atoms with van der Waals surface area (Å²) >= 11 is 0. The Balaban J connectivity index is 2.02. The molecule has 0 amide bonds. The first-order chi connectivity index (χ1) is 6.86. The average molecular weight is 190 g/mol. The minimum atomic E-state index is 0.149. The first kappa shape index (κ1) is 8.69. The Hall–Kier alpha value is -1.90. The molecular weight excluding hydrogens is 180 g/mol. The van der Waals surface area contributed by atoms with Crippen LogP contribution in [0.4, 0.5) is 0 Å². The standard InChI is InChI=1S/C11H10O3/c12-10-3-1-2-4-11(10)14-8-9-5-6-13-7-9/h1-7,12H,8H2. The van der Waals surface area contributed by atoms with E-state index in [1.807, 2.05) is 12.1 Å². The maximum Gasteiger partial charge on any atom is 0.161 e. The minimum absolute atomic E-state index is 0.149. The third-order valence-corrected chi connectivity index (χ3v) is 1.84. The van der Waals surface area contributed by atoms with E-state index in [0.29, 0.717) is 12.4 Å². The molecule has 14 heavy (non-hydrogen) atoms. The van der Waals surface area contributed by atoms with E-state index in [2.05, 4.69) is 0 Å². The molecule has 1 heterocycles. The molecule has 0 fully saturated rings. The highest BCUT2D eigenvalue weighted by Crippen LogP contribution is 2.25. The number of phenolic OH excluding ortho intramolecular Hbond substituents is 1. The van der Waals surface area contributed by atoms with Crippen molar-refractivity contribution >= 4 is 0 Å². The van der Waals surface area contributed by atoms with Crippen molar-refractivity contribution in [1.29, 1.82) is 0 Å². The summed E-state index contributed by atoms with van der Waals surface area (Å²) in [7, 11) is 0. The van der Waals surface area contributed by atoms with Crippen LogP contribution >= 0.6 is 0 Å². The van der Waals surface area contributed by atoms with Crippen LogP contribution in [0.2, 0.25) is 0 Å². The second-order valence-corrected chi connectivity index (χ2v) is 2.89. The fourth-order valence-corrected chi connectivity index (χ4v) is 1.12. The number of furan rings is 1. The van der Waals surface area contributed by atoms with Crippen LogP contribution in [0.1, 0.15) is 5.56 Å². The molecule has 0 aliphatic rings. The van der Waals surface area contributed by atoms with Crippen LogP contribution in [-0.2, 0) is 6.61 Å². The number of ether oxygens (including phenoxy) is 1. The normalized spacial score (nSPS) is 10.0. The second kappa shape index (κ2) is 3.87. The molecule has 0 aliphatic carbocycles. The maximum absolute atomic E-state index is 9.39. The zero-order chi connectivity index (χ0) is 9.80. The molecule has 0 radical (unpaired) electrons. The molecule has 3 nitrogen and oxygen atoms in total. The average Bonchev–Trinajstić information content (AvgIpc) is 2.69. The van der Waals surface area contributed by atoms with Gasteiger partial charge in [-0.3, -0.25) is 0 Å². The number of benzene rings is 1. The first-order valence-electron chi connectivity index (χ1n) is 4.28. The third-order valence-electron chi connectivity index (χ3n) is 1.84. The van der Waals surface area contributed by atoms with Gasteiger partial charge in [0.25, 0.3) is 0 Å². The van der Waals surface area contributed by atoms with E-state index in [1.54, 1.807) is 30.7 Å². The van der Waals surface area contributed by atoms with Gasteiger partial charge in [0.15, 0.2) is 11.5 Å². The fraction of sp³-hybridized carbons (Fsp3) is 0.0909. The third kappa shape index (κ3) is 1.88. The molecule has 72 valence electrons. The molecule has 2 rings (SSSR count). The van der Waals surface area contributed by atoms with Gasteiger partial charge >= 0.3 is 0 Å². The molecule has 0 aliphatic heterocycles. The monoisotopic (exact) mass is 190 g/mol. The van der Waals surface area contributed by atoms with Crippen LogP contribution in [0, 0.1) is 0 Å². The minimum Gasteiger partial charge on any atom is -0.504 e. The van der Waals surface area contributed by atoms with Crippen molar-refractivity contribution in [2.24, 2.45) is 0 Å². The summed E-state index contributed by atoms with van der Waals surface area (Å²) in [6, 6.07) is 8.69. The highest BCUT2D eigenvalue weighted by Gasteiger charge is 2.01. The number of hydrogen-bond donors (Lipinski definition) is 1. The molecule has 3 heteroatoms. The Bertz CT molecular complexity index is 393. The van der Waals surface area contributed by atoms with Crippen LogP contribution in [-0.4, -0.2) is 5.11 Å². The van der Waals surface area contributed by atoms with Crippen LogP contribution in [0.25, 0.3) is 0 Å². The van der Waals surface area contributed by atoms with Crippen molar-refractivity contribution in [2.75, 3.05) is 0 Å². The topological polar surface area (TPSA) is 42.6 Å². The molecule has 1 N–H and O–H groups in total. The largest absolute Gasteiger partial charge is 0.504 e. The van der Waals surface area contributed by atoms with E-state index in [4.69, 9.17) is 9.15 Å². The van der Waals surface area contributed by atoms with Gasteiger partial charge in [-0.25, -0.2) is 0 Å². The summed E-state index contributed by atoms with van der Waals surface area (Å²) in [6.45, 7) is 0.397. The van der Waals surface area contributed by atoms with E-state index in [1.165, 1.54) is 0 Å². The summed E-state index contributed by atoms with van der Waals surface area (Å²) in [6.07, 6.45) is 3.20. The van der Waals surface area contributed by atoms with Gasteiger partial charge in [-0.05, 0) is 18.2 Å². The van der Waals surface area contributed by atoms with Crippen molar-refractivity contribution in [3.05, 3.63) is 48.4 Å². The number of aromatic hydroxyl groups is 1. The van der Waals surface area contributed by atoms with E-state index in [0.717, 1.165) is 5.56 Å². The van der Waals surface area contributed by atoms with Crippen LogP contribution < -0.4 is 4.74 Å². The molecule has 1 aromatic carbocycles. The number of phenols is 1. The van der Waals surface area contributed by atoms with Crippen LogP contribution in [0.3, 0.4) is 0 Å². The van der Waals surface area contributed by atoms with Gasteiger partial charge in [0.1, 0.15) is 6.61 Å². The van der Waals surface area contributed by atoms with Gasteiger partial charge in [-0.2, -0.15) is 0 Å². The highest BCUT2D eigenvalue weighted by atomic mass is 16.5. The molecular formula is C11H10O3. The number of hydrogen-bond acceptors (Lipinski definition) is 3. The Morgan fingerprint density at radius 2 is 2.07 bits per heavy atom. The summed E-state index contributed by atoms with van der Waals surface area (Å²) < 4.78 is 10.3. The lowest BCUT2D eigenvalue weighted by Crippen LogP contribution is -1.93. The Morgan fingerprint density at radius 1 is 1.21 bits per heavy atom. The van der Waals surface area contributed by atoms with Gasteiger partial charge in [-0.1, -0.05) is 12.1 Å². The zero-order valence-electron chi connectivity index (χ0n) is 7.51. The smallest absolute Gasteiger partial charge is 0.161 e. The van der Waals surface area contributed by atoms with Crippen LogP contribution in [0.5, 0.6) is 11.5 Å². The van der Waals surface area contributed by atoms with E-state index < -0.39 is 0 Å². The predicted molar refractivity (Wildman–Crippen MR) is 51.1 cm³/mol. The molecule has 2 aromatic rings. The molecule has 0 atom stereocenters. The Labute approximate surface area is 81.6 Å². The van der Waals surface area contributed by atoms with Gasteiger partial charge < -0.3 is 14.3 Å². The SMILES string of the molecule is Oc1ccccc1OCc1ccoc1. The van der Waals surface area contributed by atoms with E-state index >= 15 is 0 Å². The van der Waals surface area contributed by atoms with Gasteiger partial charge in [0.05, 0.1) is 12.5 Å². The molecule has 0 spiro atoms. The van der Waals surface area contributed by atoms with Gasteiger partial charge in [0, 0.05) is 5.56 Å². The lowest BCUT2D eigenvalue weighted by atomic mass is 10.3. The second-order valence-electron chi connectivity index (χ2n) is 2.89. The lowest BCUT2D eigenvalue weighted by Gasteiger charge is -2.05. The van der Waals surface area contributed by atoms with E-state index in [-0.39, 0.29) is 5.75 Å². The predicted octanol–water partition coefficient (Wildman–Crippen LogP) is 2.56.